The van der Waals surface area contributed by atoms with Gasteiger partial charge in [0.25, 0.3) is 5.91 Å². The Morgan fingerprint density at radius 2 is 1.72 bits per heavy atom. The fourth-order valence-corrected chi connectivity index (χ4v) is 8.09. The third-order valence-electron chi connectivity index (χ3n) is 10.5. The maximum atomic E-state index is 14.3. The summed E-state index contributed by atoms with van der Waals surface area (Å²) in [6.07, 6.45) is -0.562. The number of ether oxygens (including phenoxy) is 1. The minimum absolute atomic E-state index is 0.0305. The summed E-state index contributed by atoms with van der Waals surface area (Å²) in [7, 11) is 6.39. The molecule has 2 aromatic carbocycles. The lowest BCUT2D eigenvalue weighted by molar-refractivity contribution is -0.153. The minimum atomic E-state index is -2.82. The first kappa shape index (κ1) is 40.3. The van der Waals surface area contributed by atoms with E-state index in [-0.39, 0.29) is 47.7 Å². The van der Waals surface area contributed by atoms with Gasteiger partial charge in [0, 0.05) is 43.4 Å². The number of aliphatic hydroxyl groups excluding tert-OH is 2. The van der Waals surface area contributed by atoms with E-state index in [4.69, 9.17) is 19.3 Å². The molecule has 3 aromatic rings. The number of ketones is 2. The van der Waals surface area contributed by atoms with Crippen molar-refractivity contribution in [3.63, 3.8) is 0 Å². The van der Waals surface area contributed by atoms with Gasteiger partial charge in [0.1, 0.15) is 29.4 Å². The van der Waals surface area contributed by atoms with Gasteiger partial charge in [0.15, 0.2) is 29.5 Å². The number of rotatable bonds is 11. The molecule has 18 nitrogen and oxygen atoms in total. The minimum Gasteiger partial charge on any atom is -0.508 e. The SMILES string of the molecule is CCCN(CC(=O)Nc1cc(N(C)C)c2c(c1O)C(O)=C1C(=O)[C@]3(O)C(O)=C(C(N)=O)C(=O)[C@@H](N(C)C)C3CC1C2)C(=O)OCc1oc(=O)oc1-c1ccccc1. The summed E-state index contributed by atoms with van der Waals surface area (Å²) in [6, 6.07) is 8.78. The van der Waals surface area contributed by atoms with E-state index < -0.39 is 94.8 Å². The number of carbonyl (C=O) groups excluding carboxylic acids is 5. The number of Topliss-reactive ketones (excluding diaryl/α,β-unsaturated/α-hetero) is 2. The largest absolute Gasteiger partial charge is 0.519 e. The molecule has 302 valence electrons. The highest BCUT2D eigenvalue weighted by Gasteiger charge is 2.64. The molecule has 6 rings (SSSR count). The zero-order valence-corrected chi connectivity index (χ0v) is 31.8. The third-order valence-corrected chi connectivity index (χ3v) is 10.5. The van der Waals surface area contributed by atoms with Gasteiger partial charge in [-0.05, 0) is 50.9 Å². The second-order valence-electron chi connectivity index (χ2n) is 14.6. The van der Waals surface area contributed by atoms with E-state index in [0.29, 0.717) is 23.2 Å². The van der Waals surface area contributed by atoms with Crippen LogP contribution in [0.2, 0.25) is 0 Å². The number of fused-ring (bicyclic) bond motifs is 3. The summed E-state index contributed by atoms with van der Waals surface area (Å²) in [5.74, 6) is -9.74. The summed E-state index contributed by atoms with van der Waals surface area (Å²) in [5.41, 5.74) is 2.22. The van der Waals surface area contributed by atoms with Crippen LogP contribution in [0.25, 0.3) is 17.1 Å². The Hall–Kier alpha value is -6.40. The van der Waals surface area contributed by atoms with Crippen LogP contribution in [-0.2, 0) is 36.9 Å². The van der Waals surface area contributed by atoms with Gasteiger partial charge in [0.05, 0.1) is 17.3 Å². The van der Waals surface area contributed by atoms with Crippen molar-refractivity contribution in [2.24, 2.45) is 17.6 Å². The predicted molar refractivity (Wildman–Crippen MR) is 202 cm³/mol. The number of aromatic hydroxyl groups is 1. The molecule has 57 heavy (non-hydrogen) atoms. The molecular weight excluding hydrogens is 746 g/mol. The molecule has 1 aromatic heterocycles. The number of phenolic OH excluding ortho intramolecular Hbond substituents is 1. The molecule has 2 unspecified atom stereocenters. The third kappa shape index (κ3) is 6.90. The maximum Gasteiger partial charge on any atom is 0.519 e. The number of hydrogen-bond donors (Lipinski definition) is 6. The zero-order valence-electron chi connectivity index (χ0n) is 31.8. The molecule has 1 saturated carbocycles. The first-order valence-electron chi connectivity index (χ1n) is 18.0. The van der Waals surface area contributed by atoms with Gasteiger partial charge in [-0.2, -0.15) is 0 Å². The molecule has 7 N–H and O–H groups in total. The number of nitrogens with two attached hydrogens (primary N) is 1. The molecule has 1 heterocycles. The Morgan fingerprint density at radius 1 is 1.04 bits per heavy atom. The predicted octanol–water partition coefficient (Wildman–Crippen LogP) is 2.23. The van der Waals surface area contributed by atoms with Crippen molar-refractivity contribution in [3.8, 4) is 17.1 Å². The number of aliphatic hydroxyl groups is 3. The van der Waals surface area contributed by atoms with E-state index in [2.05, 4.69) is 5.32 Å². The van der Waals surface area contributed by atoms with Gasteiger partial charge in [-0.1, -0.05) is 37.3 Å². The average molecular weight is 790 g/mol. The normalized spacial score (nSPS) is 21.5. The summed E-state index contributed by atoms with van der Waals surface area (Å²) in [5, 5.41) is 49.0. The van der Waals surface area contributed by atoms with Crippen molar-refractivity contribution in [1.82, 2.24) is 9.80 Å². The van der Waals surface area contributed by atoms with Crippen molar-refractivity contribution >= 4 is 46.6 Å². The lowest BCUT2D eigenvalue weighted by Crippen LogP contribution is -2.65. The smallest absolute Gasteiger partial charge is 0.508 e. The maximum absolute atomic E-state index is 14.3. The highest BCUT2D eigenvalue weighted by molar-refractivity contribution is 6.24. The summed E-state index contributed by atoms with van der Waals surface area (Å²) in [4.78, 5) is 82.7. The lowest BCUT2D eigenvalue weighted by Gasteiger charge is -2.50. The van der Waals surface area contributed by atoms with Crippen LogP contribution in [0.3, 0.4) is 0 Å². The van der Waals surface area contributed by atoms with Crippen LogP contribution in [-0.4, -0.2) is 113 Å². The van der Waals surface area contributed by atoms with E-state index in [9.17, 15) is 49.2 Å². The Bertz CT molecular complexity index is 2290. The van der Waals surface area contributed by atoms with E-state index in [1.807, 2.05) is 0 Å². The standard InChI is InChI=1S/C39H43N5O13/c1-6-12-44(37(52)55-17-24-33(57-38(53)56-24)18-10-8-7-9-11-18)16-25(45)41-22-15-23(42(2)3)20-13-19-14-21-29(43(4)5)32(48)28(36(40)51)35(50)39(21,54)34(49)26(19)31(47)27(20)30(22)46/h7-11,15,19,21,29,46-47,50,54H,6,12-14,16-17H2,1-5H3,(H2,40,51)(H,41,45)/t19?,21?,29-,39-/m0/s1. The quantitative estimate of drug-likeness (QED) is 0.120. The zero-order chi connectivity index (χ0) is 41.7. The van der Waals surface area contributed by atoms with Gasteiger partial charge in [-0.3, -0.25) is 29.0 Å². The summed E-state index contributed by atoms with van der Waals surface area (Å²) in [6.45, 7) is 0.806. The van der Waals surface area contributed by atoms with Crippen molar-refractivity contribution in [2.75, 3.05) is 51.5 Å². The van der Waals surface area contributed by atoms with Crippen molar-refractivity contribution in [3.05, 3.63) is 80.8 Å². The fraction of sp³-hybridized carbons (Fsp3) is 0.385. The van der Waals surface area contributed by atoms with Crippen molar-refractivity contribution in [2.45, 2.75) is 44.4 Å². The number of nitrogens with one attached hydrogen (secondary N) is 1. The molecule has 4 atom stereocenters. The van der Waals surface area contributed by atoms with Crippen LogP contribution in [0, 0.1) is 11.8 Å². The summed E-state index contributed by atoms with van der Waals surface area (Å²) >= 11 is 0. The second-order valence-corrected chi connectivity index (χ2v) is 14.6. The molecule has 0 spiro atoms. The highest BCUT2D eigenvalue weighted by atomic mass is 16.6. The Balaban J connectivity index is 1.29. The number of primary amides is 1. The lowest BCUT2D eigenvalue weighted by atomic mass is 9.57. The molecule has 0 aliphatic heterocycles. The Kier molecular flexibility index (Phi) is 10.8. The Morgan fingerprint density at radius 3 is 2.33 bits per heavy atom. The second kappa shape index (κ2) is 15.3. The van der Waals surface area contributed by atoms with E-state index in [1.54, 1.807) is 56.3 Å². The van der Waals surface area contributed by atoms with E-state index >= 15 is 0 Å². The molecule has 0 saturated heterocycles. The van der Waals surface area contributed by atoms with Crippen LogP contribution in [0.4, 0.5) is 16.2 Å². The van der Waals surface area contributed by atoms with Gasteiger partial charge in [-0.15, -0.1) is 0 Å². The fourth-order valence-electron chi connectivity index (χ4n) is 8.09. The molecule has 0 bridgehead atoms. The molecule has 3 aliphatic carbocycles. The molecular formula is C39H43N5O13. The monoisotopic (exact) mass is 789 g/mol. The average Bonchev–Trinajstić information content (AvgIpc) is 3.53. The molecule has 1 fully saturated rings. The first-order valence-corrected chi connectivity index (χ1v) is 18.0. The first-order chi connectivity index (χ1) is 26.9. The van der Waals surface area contributed by atoms with Gasteiger partial charge < -0.3 is 49.9 Å². The highest BCUT2D eigenvalue weighted by Crippen LogP contribution is 2.54. The molecule has 3 amide bonds. The Labute approximate surface area is 325 Å². The van der Waals surface area contributed by atoms with Gasteiger partial charge in [0.2, 0.25) is 11.7 Å². The molecule has 18 heteroatoms. The van der Waals surface area contributed by atoms with Crippen LogP contribution in [0.5, 0.6) is 5.75 Å². The van der Waals surface area contributed by atoms with Crippen LogP contribution >= 0.6 is 0 Å². The number of phenols is 1. The topological polar surface area (TPSA) is 267 Å². The molecule has 0 radical (unpaired) electrons. The van der Waals surface area contributed by atoms with Crippen LogP contribution in [0.1, 0.15) is 36.7 Å². The van der Waals surface area contributed by atoms with Gasteiger partial charge in [-0.25, -0.2) is 9.59 Å². The van der Waals surface area contributed by atoms with E-state index in [1.165, 1.54) is 25.1 Å². The van der Waals surface area contributed by atoms with Crippen LogP contribution in [0.15, 0.2) is 66.9 Å². The number of hydrogen-bond acceptors (Lipinski definition) is 15. The number of amides is 3. The van der Waals surface area contributed by atoms with Crippen molar-refractivity contribution < 1.29 is 58.0 Å². The van der Waals surface area contributed by atoms with Gasteiger partial charge >= 0.3 is 11.9 Å². The number of carbonyl (C=O) groups is 5. The van der Waals surface area contributed by atoms with E-state index in [0.717, 1.165) is 4.90 Å². The van der Waals surface area contributed by atoms with Crippen LogP contribution < -0.4 is 21.8 Å². The summed E-state index contributed by atoms with van der Waals surface area (Å²) < 4.78 is 15.6. The van der Waals surface area contributed by atoms with Crippen molar-refractivity contribution in [1.29, 1.82) is 0 Å². The molecule has 3 aliphatic rings. The number of likely N-dealkylation sites (N-methyl/N-ethyl adjacent to an activating group) is 1. The number of benzene rings is 2. The number of anilines is 2. The number of nitrogens with zero attached hydrogens (tertiary/aromatic N) is 3.